The first kappa shape index (κ1) is 18.6. The molecule has 1 aromatic heterocycles. The standard InChI is InChI=1S/C21H16Cl2N2O3/c1-13-17(21(23)25(24-13)16-4-2-3-15(22)12-16)6-7-18(26)14-5-8-19-20(11-14)28-10-9-27-19/h2-8,11-12H,9-10H2,1H3/b7-6+. The van der Waals surface area contributed by atoms with Gasteiger partial charge in [-0.25, -0.2) is 4.68 Å². The van der Waals surface area contributed by atoms with Crippen LogP contribution in [-0.2, 0) is 0 Å². The van der Waals surface area contributed by atoms with Crippen molar-refractivity contribution in [2.24, 2.45) is 0 Å². The quantitative estimate of drug-likeness (QED) is 0.437. The Bertz CT molecular complexity index is 1090. The molecule has 28 heavy (non-hydrogen) atoms. The Hall–Kier alpha value is -2.76. The first-order chi connectivity index (χ1) is 13.5. The summed E-state index contributed by atoms with van der Waals surface area (Å²) in [5.41, 5.74) is 2.64. The molecule has 0 saturated carbocycles. The number of benzene rings is 2. The maximum atomic E-state index is 12.6. The van der Waals surface area contributed by atoms with E-state index in [9.17, 15) is 4.79 Å². The van der Waals surface area contributed by atoms with E-state index in [1.165, 1.54) is 6.08 Å². The zero-order chi connectivity index (χ0) is 19.7. The molecule has 0 spiro atoms. The lowest BCUT2D eigenvalue weighted by Gasteiger charge is -2.18. The van der Waals surface area contributed by atoms with Gasteiger partial charge >= 0.3 is 0 Å². The van der Waals surface area contributed by atoms with Gasteiger partial charge < -0.3 is 9.47 Å². The predicted octanol–water partition coefficient (Wildman–Crippen LogP) is 5.15. The van der Waals surface area contributed by atoms with Crippen molar-refractivity contribution in [1.29, 1.82) is 0 Å². The number of aryl methyl sites for hydroxylation is 1. The summed E-state index contributed by atoms with van der Waals surface area (Å²) in [4.78, 5) is 12.6. The average molecular weight is 415 g/mol. The van der Waals surface area contributed by atoms with Gasteiger partial charge in [0.1, 0.15) is 18.4 Å². The second-order valence-electron chi connectivity index (χ2n) is 6.24. The van der Waals surface area contributed by atoms with Crippen molar-refractivity contribution in [1.82, 2.24) is 9.78 Å². The van der Waals surface area contributed by atoms with Gasteiger partial charge in [-0.05, 0) is 55.5 Å². The Morgan fingerprint density at radius 1 is 1.11 bits per heavy atom. The number of ether oxygens (including phenoxy) is 2. The molecule has 0 fully saturated rings. The normalized spacial score (nSPS) is 13.1. The summed E-state index contributed by atoms with van der Waals surface area (Å²) in [6, 6.07) is 12.4. The topological polar surface area (TPSA) is 53.4 Å². The van der Waals surface area contributed by atoms with Crippen molar-refractivity contribution in [3.05, 3.63) is 75.5 Å². The number of nitrogens with zero attached hydrogens (tertiary/aromatic N) is 2. The molecule has 3 aromatic rings. The lowest BCUT2D eigenvalue weighted by molar-refractivity contribution is 0.104. The molecule has 0 N–H and O–H groups in total. The van der Waals surface area contributed by atoms with Crippen molar-refractivity contribution in [2.45, 2.75) is 6.92 Å². The summed E-state index contributed by atoms with van der Waals surface area (Å²) >= 11 is 12.6. The molecule has 2 heterocycles. The molecule has 0 saturated heterocycles. The van der Waals surface area contributed by atoms with Crippen LogP contribution in [0.1, 0.15) is 21.6 Å². The highest BCUT2D eigenvalue weighted by Gasteiger charge is 2.15. The number of allylic oxidation sites excluding steroid dienone is 1. The molecule has 2 aromatic carbocycles. The van der Waals surface area contributed by atoms with Crippen LogP contribution in [0.25, 0.3) is 11.8 Å². The van der Waals surface area contributed by atoms with Gasteiger partial charge in [0, 0.05) is 16.1 Å². The van der Waals surface area contributed by atoms with E-state index >= 15 is 0 Å². The summed E-state index contributed by atoms with van der Waals surface area (Å²) in [6.45, 7) is 2.81. The van der Waals surface area contributed by atoms with E-state index < -0.39 is 0 Å². The van der Waals surface area contributed by atoms with Crippen molar-refractivity contribution < 1.29 is 14.3 Å². The van der Waals surface area contributed by atoms with Crippen molar-refractivity contribution in [2.75, 3.05) is 13.2 Å². The summed E-state index contributed by atoms with van der Waals surface area (Å²) in [5.74, 6) is 1.06. The highest BCUT2D eigenvalue weighted by atomic mass is 35.5. The number of carbonyl (C=O) groups is 1. The van der Waals surface area contributed by atoms with E-state index in [4.69, 9.17) is 32.7 Å². The lowest BCUT2D eigenvalue weighted by Crippen LogP contribution is -2.15. The highest BCUT2D eigenvalue weighted by molar-refractivity contribution is 6.32. The molecular formula is C21H16Cl2N2O3. The number of hydrogen-bond donors (Lipinski definition) is 0. The Kier molecular flexibility index (Phi) is 5.11. The van der Waals surface area contributed by atoms with Crippen LogP contribution in [0.5, 0.6) is 11.5 Å². The van der Waals surface area contributed by atoms with E-state index in [0.29, 0.717) is 51.7 Å². The van der Waals surface area contributed by atoms with Gasteiger partial charge in [-0.3, -0.25) is 4.79 Å². The maximum Gasteiger partial charge on any atom is 0.185 e. The van der Waals surface area contributed by atoms with Gasteiger partial charge in [-0.15, -0.1) is 0 Å². The van der Waals surface area contributed by atoms with Crippen LogP contribution in [0.15, 0.2) is 48.5 Å². The average Bonchev–Trinajstić information content (AvgIpc) is 2.99. The summed E-state index contributed by atoms with van der Waals surface area (Å²) < 4.78 is 12.6. The van der Waals surface area contributed by atoms with Crippen LogP contribution in [0, 0.1) is 6.92 Å². The third kappa shape index (κ3) is 3.63. The van der Waals surface area contributed by atoms with Crippen molar-refractivity contribution in [3.63, 3.8) is 0 Å². The molecule has 0 unspecified atom stereocenters. The molecule has 0 amide bonds. The number of rotatable bonds is 4. The molecule has 142 valence electrons. The minimum Gasteiger partial charge on any atom is -0.486 e. The molecule has 0 atom stereocenters. The number of ketones is 1. The summed E-state index contributed by atoms with van der Waals surface area (Å²) in [6.07, 6.45) is 3.15. The van der Waals surface area contributed by atoms with Crippen molar-refractivity contribution >= 4 is 35.1 Å². The molecule has 1 aliphatic rings. The molecule has 1 aliphatic heterocycles. The van der Waals surface area contributed by atoms with E-state index in [1.807, 2.05) is 19.1 Å². The monoisotopic (exact) mass is 414 g/mol. The Morgan fingerprint density at radius 3 is 2.68 bits per heavy atom. The molecule has 0 aliphatic carbocycles. The second-order valence-corrected chi connectivity index (χ2v) is 7.03. The Balaban J connectivity index is 1.60. The van der Waals surface area contributed by atoms with Gasteiger partial charge in [0.05, 0.1) is 11.4 Å². The fraction of sp³-hybridized carbons (Fsp3) is 0.143. The lowest BCUT2D eigenvalue weighted by atomic mass is 10.1. The third-order valence-corrected chi connectivity index (χ3v) is 4.93. The number of aromatic nitrogens is 2. The Morgan fingerprint density at radius 2 is 1.89 bits per heavy atom. The largest absolute Gasteiger partial charge is 0.486 e. The van der Waals surface area contributed by atoms with Crippen LogP contribution in [-0.4, -0.2) is 28.8 Å². The minimum atomic E-state index is -0.164. The zero-order valence-electron chi connectivity index (χ0n) is 15.0. The van der Waals surface area contributed by atoms with E-state index in [2.05, 4.69) is 5.10 Å². The molecule has 7 heteroatoms. The first-order valence-electron chi connectivity index (χ1n) is 8.66. The van der Waals surface area contributed by atoms with Crippen LogP contribution < -0.4 is 9.47 Å². The maximum absolute atomic E-state index is 12.6. The molecule has 0 bridgehead atoms. The molecule has 0 radical (unpaired) electrons. The van der Waals surface area contributed by atoms with Crippen LogP contribution in [0.3, 0.4) is 0 Å². The first-order valence-corrected chi connectivity index (χ1v) is 9.41. The molecular weight excluding hydrogens is 399 g/mol. The van der Waals surface area contributed by atoms with Gasteiger partial charge in [-0.1, -0.05) is 29.3 Å². The fourth-order valence-corrected chi connectivity index (χ4v) is 3.45. The molecule has 5 nitrogen and oxygen atoms in total. The number of halogens is 2. The Labute approximate surface area is 172 Å². The smallest absolute Gasteiger partial charge is 0.185 e. The summed E-state index contributed by atoms with van der Waals surface area (Å²) in [5, 5.41) is 5.46. The van der Waals surface area contributed by atoms with E-state index in [-0.39, 0.29) is 5.78 Å². The van der Waals surface area contributed by atoms with Gasteiger partial charge in [-0.2, -0.15) is 5.10 Å². The van der Waals surface area contributed by atoms with E-state index in [1.54, 1.807) is 41.1 Å². The van der Waals surface area contributed by atoms with Gasteiger partial charge in [0.25, 0.3) is 0 Å². The van der Waals surface area contributed by atoms with Crippen LogP contribution >= 0.6 is 23.2 Å². The van der Waals surface area contributed by atoms with Gasteiger partial charge in [0.15, 0.2) is 17.3 Å². The predicted molar refractivity (Wildman–Crippen MR) is 109 cm³/mol. The second kappa shape index (κ2) is 7.70. The number of carbonyl (C=O) groups excluding carboxylic acids is 1. The fourth-order valence-electron chi connectivity index (χ4n) is 2.93. The SMILES string of the molecule is Cc1nn(-c2cccc(Cl)c2)c(Cl)c1/C=C/C(=O)c1ccc2c(c1)OCCO2. The molecule has 4 rings (SSSR count). The highest BCUT2D eigenvalue weighted by Crippen LogP contribution is 2.31. The van der Waals surface area contributed by atoms with Crippen LogP contribution in [0.4, 0.5) is 0 Å². The van der Waals surface area contributed by atoms with Gasteiger partial charge in [0.2, 0.25) is 0 Å². The third-order valence-electron chi connectivity index (χ3n) is 4.33. The number of hydrogen-bond acceptors (Lipinski definition) is 4. The zero-order valence-corrected chi connectivity index (χ0v) is 16.5. The van der Waals surface area contributed by atoms with Crippen LogP contribution in [0.2, 0.25) is 10.2 Å². The minimum absolute atomic E-state index is 0.164. The number of fused-ring (bicyclic) bond motifs is 1. The van der Waals surface area contributed by atoms with Crippen molar-refractivity contribution in [3.8, 4) is 17.2 Å². The summed E-state index contributed by atoms with van der Waals surface area (Å²) in [7, 11) is 0. The van der Waals surface area contributed by atoms with E-state index in [0.717, 1.165) is 5.69 Å².